The Kier molecular flexibility index (Phi) is 13.5. The van der Waals surface area contributed by atoms with Gasteiger partial charge in [0, 0.05) is 12.8 Å². The van der Waals surface area contributed by atoms with Crippen molar-refractivity contribution >= 4 is 0 Å². The van der Waals surface area contributed by atoms with Crippen LogP contribution in [-0.4, -0.2) is 135 Å². The Balaban J connectivity index is 5.61. The second-order valence-electron chi connectivity index (χ2n) is 13.0. The van der Waals surface area contributed by atoms with Gasteiger partial charge >= 0.3 is 71.6 Å². The molecule has 0 aromatic carbocycles. The molecule has 0 spiro atoms. The monoisotopic (exact) mass is 838 g/mol. The van der Waals surface area contributed by atoms with Crippen molar-refractivity contribution in [3.63, 3.8) is 0 Å². The molecule has 0 aliphatic heterocycles. The van der Waals surface area contributed by atoms with Crippen molar-refractivity contribution in [2.24, 2.45) is 0 Å². The van der Waals surface area contributed by atoms with E-state index >= 15 is 0 Å². The number of quaternary nitrogens is 2. The zero-order valence-electron chi connectivity index (χ0n) is 26.4. The highest BCUT2D eigenvalue weighted by Gasteiger charge is 2.92. The Labute approximate surface area is 275 Å². The Morgan fingerprint density at radius 2 is 0.462 bits per heavy atom. The third-order valence-corrected chi connectivity index (χ3v) is 7.84. The second-order valence-corrected chi connectivity index (χ2v) is 13.0. The van der Waals surface area contributed by atoms with Crippen molar-refractivity contribution < 1.29 is 123 Å². The minimum absolute atomic E-state index is 0.369. The van der Waals surface area contributed by atoms with E-state index in [4.69, 9.17) is 0 Å². The fourth-order valence-electron chi connectivity index (χ4n) is 4.11. The van der Waals surface area contributed by atoms with Crippen LogP contribution in [-0.2, 0) is 0 Å². The van der Waals surface area contributed by atoms with Crippen molar-refractivity contribution in [1.29, 1.82) is 0 Å². The van der Waals surface area contributed by atoms with Crippen LogP contribution >= 0.6 is 0 Å². The van der Waals surface area contributed by atoms with E-state index in [-0.39, 0.29) is 12.8 Å². The van der Waals surface area contributed by atoms with Gasteiger partial charge in [-0.3, -0.25) is 0 Å². The van der Waals surface area contributed by atoms with E-state index in [2.05, 4.69) is 0 Å². The van der Waals surface area contributed by atoms with E-state index < -0.39 is 120 Å². The molecule has 0 aromatic heterocycles. The summed E-state index contributed by atoms with van der Waals surface area (Å²) in [6.45, 7) is -3.93. The van der Waals surface area contributed by atoms with Crippen LogP contribution in [0.2, 0.25) is 0 Å². The largest absolute Gasteiger partial charge is 0.460 e. The zero-order chi connectivity index (χ0) is 42.7. The van der Waals surface area contributed by atoms with E-state index in [1.54, 1.807) is 0 Å². The lowest BCUT2D eigenvalue weighted by Gasteiger charge is -2.40. The number of nitrogens with zero attached hydrogens (tertiary/aromatic N) is 2. The van der Waals surface area contributed by atoms with E-state index in [1.165, 1.54) is 0 Å². The standard InChI is InChI=1S/C24H28F26N2/c1-51(2,11-7-13(25,26)15(29,30)17(33,34)19(37,38)21(41,42)23(45,46)47)9-5-6-10-52(3,4)12-8-14(27,28)16(31,32)18(35,36)20(39,40)22(43,44)24(48,49)50/h5-12H2,1-4H3/q+2. The van der Waals surface area contributed by atoms with Gasteiger partial charge in [-0.2, -0.15) is 114 Å². The number of unbranched alkanes of at least 4 members (excludes halogenated alkanes) is 1. The summed E-state index contributed by atoms with van der Waals surface area (Å²) in [5, 5.41) is 0. The summed E-state index contributed by atoms with van der Waals surface area (Å²) in [5.74, 6) is -75.9. The van der Waals surface area contributed by atoms with Gasteiger partial charge in [-0.1, -0.05) is 0 Å². The molecule has 0 saturated heterocycles. The van der Waals surface area contributed by atoms with Crippen molar-refractivity contribution in [3.8, 4) is 0 Å². The number of alkyl halides is 26. The quantitative estimate of drug-likeness (QED) is 0.0691. The van der Waals surface area contributed by atoms with Crippen LogP contribution in [0.5, 0.6) is 0 Å². The fraction of sp³-hybridized carbons (Fsp3) is 1.00. The molecule has 0 bridgehead atoms. The molecule has 0 fully saturated rings. The molecule has 0 rings (SSSR count). The number of rotatable bonds is 19. The highest BCUT2D eigenvalue weighted by Crippen LogP contribution is 2.62. The summed E-state index contributed by atoms with van der Waals surface area (Å²) in [6, 6.07) is 0. The van der Waals surface area contributed by atoms with E-state index in [0.717, 1.165) is 28.2 Å². The first kappa shape index (κ1) is 50.1. The minimum atomic E-state index is -8.10. The van der Waals surface area contributed by atoms with Gasteiger partial charge in [0.1, 0.15) is 0 Å². The molecule has 0 aliphatic rings. The average Bonchev–Trinajstić information content (AvgIpc) is 2.91. The lowest BCUT2D eigenvalue weighted by Crippen LogP contribution is -2.70. The topological polar surface area (TPSA) is 0 Å². The smallest absolute Gasteiger partial charge is 0.328 e. The summed E-state index contributed by atoms with van der Waals surface area (Å²) in [6.07, 6.45) is -21.1. The van der Waals surface area contributed by atoms with Crippen LogP contribution in [0.3, 0.4) is 0 Å². The fourth-order valence-corrected chi connectivity index (χ4v) is 4.11. The Morgan fingerprint density at radius 3 is 0.654 bits per heavy atom. The normalized spacial score (nSPS) is 16.5. The molecule has 0 unspecified atom stereocenters. The maximum Gasteiger partial charge on any atom is 0.460 e. The van der Waals surface area contributed by atoms with Crippen molar-refractivity contribution in [3.05, 3.63) is 0 Å². The van der Waals surface area contributed by atoms with Crippen LogP contribution in [0.25, 0.3) is 0 Å². The molecule has 0 aromatic rings. The lowest BCUT2D eigenvalue weighted by atomic mass is 9.92. The van der Waals surface area contributed by atoms with Crippen LogP contribution < -0.4 is 0 Å². The number of hydrogen-bond acceptors (Lipinski definition) is 0. The molecule has 0 heterocycles. The third-order valence-electron chi connectivity index (χ3n) is 7.84. The summed E-state index contributed by atoms with van der Waals surface area (Å²) < 4.78 is 343. The van der Waals surface area contributed by atoms with Crippen LogP contribution in [0.1, 0.15) is 25.7 Å². The van der Waals surface area contributed by atoms with E-state index in [0.29, 0.717) is 0 Å². The van der Waals surface area contributed by atoms with Crippen LogP contribution in [0, 0.1) is 0 Å². The van der Waals surface area contributed by atoms with Crippen molar-refractivity contribution in [1.82, 2.24) is 0 Å². The highest BCUT2D eigenvalue weighted by molar-refractivity contribution is 5.11. The van der Waals surface area contributed by atoms with Gasteiger partial charge in [0.15, 0.2) is 0 Å². The predicted octanol–water partition coefficient (Wildman–Crippen LogP) is 10.2. The Hall–Kier alpha value is -1.90. The summed E-state index contributed by atoms with van der Waals surface area (Å²) in [4.78, 5) is 0. The van der Waals surface area contributed by atoms with Gasteiger partial charge in [-0.15, -0.1) is 0 Å². The van der Waals surface area contributed by atoms with Gasteiger partial charge in [-0.05, 0) is 0 Å². The van der Waals surface area contributed by atoms with Crippen molar-refractivity contribution in [2.45, 2.75) is 97.3 Å². The van der Waals surface area contributed by atoms with Gasteiger partial charge in [0.25, 0.3) is 0 Å². The maximum absolute atomic E-state index is 14.1. The van der Waals surface area contributed by atoms with Gasteiger partial charge in [0.2, 0.25) is 0 Å². The second kappa shape index (κ2) is 14.0. The number of halogens is 26. The molecule has 0 atom stereocenters. The predicted molar refractivity (Wildman–Crippen MR) is 124 cm³/mol. The average molecular weight is 838 g/mol. The Morgan fingerprint density at radius 1 is 0.269 bits per heavy atom. The molecule has 28 heteroatoms. The molecular formula is C24H28F26N2+2. The van der Waals surface area contributed by atoms with Crippen molar-refractivity contribution in [2.75, 3.05) is 54.4 Å². The van der Waals surface area contributed by atoms with Crippen LogP contribution in [0.4, 0.5) is 114 Å². The molecular weight excluding hydrogens is 810 g/mol. The molecule has 0 aliphatic carbocycles. The first-order chi connectivity index (χ1) is 22.1. The molecule has 0 N–H and O–H groups in total. The molecule has 0 radical (unpaired) electrons. The van der Waals surface area contributed by atoms with Gasteiger partial charge in [0.05, 0.1) is 67.2 Å². The molecule has 314 valence electrons. The third kappa shape index (κ3) is 8.64. The summed E-state index contributed by atoms with van der Waals surface area (Å²) >= 11 is 0. The Bertz CT molecular complexity index is 1100. The summed E-state index contributed by atoms with van der Waals surface area (Å²) in [7, 11) is 3.44. The zero-order valence-corrected chi connectivity index (χ0v) is 26.4. The SMILES string of the molecule is C[N+](C)(CCCC[N+](C)(C)CCC(F)(F)C(F)(F)C(F)(F)C(F)(F)C(F)(F)C(F)(F)F)CCC(F)(F)C(F)(F)C(F)(F)C(F)(F)C(F)(F)C(F)(F)F. The van der Waals surface area contributed by atoms with Gasteiger partial charge in [-0.25, -0.2) is 0 Å². The number of hydrogen-bond donors (Lipinski definition) is 0. The maximum atomic E-state index is 14.1. The molecule has 0 amide bonds. The minimum Gasteiger partial charge on any atom is -0.328 e. The molecule has 0 saturated carbocycles. The lowest BCUT2D eigenvalue weighted by molar-refractivity contribution is -0.898. The van der Waals surface area contributed by atoms with E-state index in [9.17, 15) is 114 Å². The van der Waals surface area contributed by atoms with E-state index in [1.807, 2.05) is 0 Å². The van der Waals surface area contributed by atoms with Crippen LogP contribution in [0.15, 0.2) is 0 Å². The summed E-state index contributed by atoms with van der Waals surface area (Å²) in [5.41, 5.74) is 0. The first-order valence-corrected chi connectivity index (χ1v) is 13.7. The first-order valence-electron chi connectivity index (χ1n) is 13.7. The molecule has 2 nitrogen and oxygen atoms in total. The van der Waals surface area contributed by atoms with Gasteiger partial charge < -0.3 is 8.97 Å². The molecule has 52 heavy (non-hydrogen) atoms. The highest BCUT2D eigenvalue weighted by atomic mass is 19.4.